The van der Waals surface area contributed by atoms with Gasteiger partial charge in [0.05, 0.1) is 17.3 Å². The van der Waals surface area contributed by atoms with Crippen molar-refractivity contribution in [1.29, 1.82) is 0 Å². The zero-order valence-electron chi connectivity index (χ0n) is 22.6. The van der Waals surface area contributed by atoms with Crippen molar-refractivity contribution in [2.45, 2.75) is 0 Å². The first-order chi connectivity index (χ1) is 20.4. The first-order valence-corrected chi connectivity index (χ1v) is 13.4. The molecule has 0 aliphatic carbocycles. The number of aromatic nitrogens is 7. The van der Waals surface area contributed by atoms with Crippen molar-refractivity contribution < 1.29 is 9.18 Å². The van der Waals surface area contributed by atoms with Gasteiger partial charge in [-0.1, -0.05) is 12.1 Å². The Balaban J connectivity index is 1.23. The molecule has 1 fully saturated rings. The number of hydrogen-bond donors (Lipinski definition) is 3. The molecule has 0 spiro atoms. The number of nitrogens with zero attached hydrogens (tertiary/aromatic N) is 8. The van der Waals surface area contributed by atoms with Crippen LogP contribution in [0.25, 0.3) is 56.0 Å². The van der Waals surface area contributed by atoms with E-state index >= 15 is 0 Å². The number of likely N-dealkylation sites (N-methyl/N-ethyl adjacent to an activating group) is 1. The van der Waals surface area contributed by atoms with Crippen molar-refractivity contribution >= 4 is 33.9 Å². The predicted molar refractivity (Wildman–Crippen MR) is 157 cm³/mol. The zero-order chi connectivity index (χ0) is 28.8. The maximum Gasteiger partial charge on any atom is 0.321 e. The van der Waals surface area contributed by atoms with Crippen molar-refractivity contribution in [3.63, 3.8) is 0 Å². The van der Waals surface area contributed by atoms with Crippen LogP contribution in [0.4, 0.5) is 14.9 Å². The number of rotatable bonds is 4. The van der Waals surface area contributed by atoms with Gasteiger partial charge in [0, 0.05) is 61.5 Å². The average molecular weight is 564 g/mol. The Hall–Kier alpha value is -5.43. The second kappa shape index (κ2) is 10.2. The number of hydrogen-bond acceptors (Lipinski definition) is 8. The highest BCUT2D eigenvalue weighted by molar-refractivity contribution is 5.97. The molecule has 4 N–H and O–H groups in total. The maximum atomic E-state index is 13.5. The van der Waals surface area contributed by atoms with Crippen LogP contribution in [0.1, 0.15) is 0 Å². The fourth-order valence-corrected chi connectivity index (χ4v) is 5.13. The molecular formula is C29H26FN11O. The summed E-state index contributed by atoms with van der Waals surface area (Å²) in [5, 5.41) is 11.0. The van der Waals surface area contributed by atoms with Crippen LogP contribution in [0.5, 0.6) is 0 Å². The van der Waals surface area contributed by atoms with E-state index in [2.05, 4.69) is 35.4 Å². The van der Waals surface area contributed by atoms with Gasteiger partial charge in [-0.3, -0.25) is 10.1 Å². The summed E-state index contributed by atoms with van der Waals surface area (Å²) >= 11 is 0. The van der Waals surface area contributed by atoms with Crippen LogP contribution in [0.2, 0.25) is 0 Å². The van der Waals surface area contributed by atoms with Gasteiger partial charge in [0.2, 0.25) is 0 Å². The molecule has 1 saturated heterocycles. The highest BCUT2D eigenvalue weighted by atomic mass is 19.1. The Morgan fingerprint density at radius 1 is 0.976 bits per heavy atom. The number of amides is 2. The molecule has 1 aliphatic rings. The number of halogens is 1. The molecule has 1 aliphatic heterocycles. The van der Waals surface area contributed by atoms with Crippen molar-refractivity contribution in [2.24, 2.45) is 0 Å². The third-order valence-corrected chi connectivity index (χ3v) is 7.48. The number of nitrogen functional groups attached to an aromatic ring is 1. The fraction of sp³-hybridized carbons (Fsp3) is 0.172. The highest BCUT2D eigenvalue weighted by Crippen LogP contribution is 2.33. The molecule has 0 atom stereocenters. The van der Waals surface area contributed by atoms with Crippen molar-refractivity contribution in [3.05, 3.63) is 73.1 Å². The highest BCUT2D eigenvalue weighted by Gasteiger charge is 2.21. The summed E-state index contributed by atoms with van der Waals surface area (Å²) in [5.74, 6) is 6.58. The van der Waals surface area contributed by atoms with Crippen molar-refractivity contribution in [2.75, 3.05) is 44.4 Å². The largest absolute Gasteiger partial charge is 0.336 e. The number of aromatic amines is 1. The van der Waals surface area contributed by atoms with E-state index in [4.69, 9.17) is 10.8 Å². The molecule has 0 radical (unpaired) electrons. The van der Waals surface area contributed by atoms with Crippen LogP contribution in [-0.2, 0) is 0 Å². The van der Waals surface area contributed by atoms with E-state index in [1.165, 1.54) is 16.8 Å². The molecule has 2 amide bonds. The number of fused-ring (bicyclic) bond motifs is 2. The van der Waals surface area contributed by atoms with Gasteiger partial charge in [0.15, 0.2) is 17.1 Å². The summed E-state index contributed by atoms with van der Waals surface area (Å²) in [5.41, 5.74) is 5.79. The minimum absolute atomic E-state index is 0.150. The van der Waals surface area contributed by atoms with Crippen molar-refractivity contribution in [3.8, 4) is 33.8 Å². The molecule has 12 nitrogen and oxygen atoms in total. The number of nitrogens with one attached hydrogen (secondary N) is 2. The summed E-state index contributed by atoms with van der Waals surface area (Å²) in [7, 11) is 2.05. The van der Waals surface area contributed by atoms with Crippen LogP contribution in [0.15, 0.2) is 67.3 Å². The molecule has 0 unspecified atom stereocenters. The van der Waals surface area contributed by atoms with Crippen LogP contribution in [-0.4, -0.2) is 83.9 Å². The third-order valence-electron chi connectivity index (χ3n) is 7.48. The molecule has 6 heterocycles. The van der Waals surface area contributed by atoms with Gasteiger partial charge >= 0.3 is 6.03 Å². The van der Waals surface area contributed by atoms with Crippen molar-refractivity contribution in [1.82, 2.24) is 44.6 Å². The van der Waals surface area contributed by atoms with E-state index in [-0.39, 0.29) is 11.8 Å². The molecule has 5 aromatic heterocycles. The number of anilines is 1. The SMILES string of the molecule is CN1CCN(C(=O)Nc2cncc(-c3cnc4n[nH]c(-c5nc6c(-c7ccc(F)cc7)ccnc6n5N)c4c3)c2)CC1. The standard InChI is InChI=1S/C29H26FN11O/c1-39-8-10-40(11-9-39)29(42)35-21-12-18(14-32-16-21)19-13-23-25(37-38-26(23)34-15-19)28-36-24-22(6-7-33-27(24)41(28)31)17-2-4-20(30)5-3-17/h2-7,12-16H,8-11,31H2,1H3,(H,35,42)(H,34,37,38). The van der Waals surface area contributed by atoms with Gasteiger partial charge in [0.25, 0.3) is 0 Å². The van der Waals surface area contributed by atoms with Crippen LogP contribution in [0, 0.1) is 5.82 Å². The molecule has 6 aromatic rings. The molecule has 13 heteroatoms. The van der Waals surface area contributed by atoms with E-state index in [0.29, 0.717) is 52.5 Å². The molecule has 42 heavy (non-hydrogen) atoms. The Bertz CT molecular complexity index is 1940. The van der Waals surface area contributed by atoms with Gasteiger partial charge in [0.1, 0.15) is 17.0 Å². The van der Waals surface area contributed by atoms with Gasteiger partial charge in [-0.15, -0.1) is 0 Å². The van der Waals surface area contributed by atoms with Gasteiger partial charge in [-0.05, 0) is 42.9 Å². The lowest BCUT2D eigenvalue weighted by molar-refractivity contribution is 0.164. The van der Waals surface area contributed by atoms with E-state index in [1.54, 1.807) is 41.8 Å². The quantitative estimate of drug-likeness (QED) is 0.275. The number of imidazole rings is 1. The number of benzene rings is 1. The summed E-state index contributed by atoms with van der Waals surface area (Å²) in [6.07, 6.45) is 6.68. The number of H-pyrrole nitrogens is 1. The Morgan fingerprint density at radius 3 is 2.57 bits per heavy atom. The molecule has 7 rings (SSSR count). The number of nitrogens with two attached hydrogens (primary N) is 1. The van der Waals surface area contributed by atoms with Crippen LogP contribution in [0.3, 0.4) is 0 Å². The smallest absolute Gasteiger partial charge is 0.321 e. The zero-order valence-corrected chi connectivity index (χ0v) is 22.6. The van der Waals surface area contributed by atoms with E-state index in [1.807, 2.05) is 25.2 Å². The monoisotopic (exact) mass is 563 g/mol. The number of carbonyl (C=O) groups is 1. The second-order valence-corrected chi connectivity index (χ2v) is 10.2. The number of pyridine rings is 3. The lowest BCUT2D eigenvalue weighted by Gasteiger charge is -2.32. The summed E-state index contributed by atoms with van der Waals surface area (Å²) < 4.78 is 14.9. The molecule has 0 bridgehead atoms. The Labute approximate surface area is 239 Å². The summed E-state index contributed by atoms with van der Waals surface area (Å²) in [6.45, 7) is 3.02. The lowest BCUT2D eigenvalue weighted by Crippen LogP contribution is -2.48. The minimum Gasteiger partial charge on any atom is -0.336 e. The van der Waals surface area contributed by atoms with E-state index < -0.39 is 0 Å². The van der Waals surface area contributed by atoms with Crippen LogP contribution >= 0.6 is 0 Å². The van der Waals surface area contributed by atoms with E-state index in [0.717, 1.165) is 35.3 Å². The number of carbonyl (C=O) groups excluding carboxylic acids is 1. The summed E-state index contributed by atoms with van der Waals surface area (Å²) in [4.78, 5) is 34.9. The second-order valence-electron chi connectivity index (χ2n) is 10.2. The fourth-order valence-electron chi connectivity index (χ4n) is 5.13. The maximum absolute atomic E-state index is 13.5. The first kappa shape index (κ1) is 25.5. The molecule has 1 aromatic carbocycles. The summed E-state index contributed by atoms with van der Waals surface area (Å²) in [6, 6.07) is 11.6. The topological polar surface area (TPSA) is 147 Å². The average Bonchev–Trinajstić information content (AvgIpc) is 3.58. The minimum atomic E-state index is -0.320. The number of urea groups is 1. The van der Waals surface area contributed by atoms with Gasteiger partial charge < -0.3 is 21.0 Å². The van der Waals surface area contributed by atoms with Gasteiger partial charge in [-0.25, -0.2) is 28.8 Å². The first-order valence-electron chi connectivity index (χ1n) is 13.4. The molecule has 0 saturated carbocycles. The molecule has 210 valence electrons. The number of piperazine rings is 1. The molecular weight excluding hydrogens is 537 g/mol. The van der Waals surface area contributed by atoms with Gasteiger partial charge in [-0.2, -0.15) is 5.10 Å². The normalized spacial score (nSPS) is 14.1. The Kier molecular flexibility index (Phi) is 6.20. The third kappa shape index (κ3) is 4.55. The Morgan fingerprint density at radius 2 is 1.76 bits per heavy atom. The predicted octanol–water partition coefficient (Wildman–Crippen LogP) is 3.73. The van der Waals surface area contributed by atoms with Crippen LogP contribution < -0.4 is 11.2 Å². The lowest BCUT2D eigenvalue weighted by atomic mass is 10.1. The van der Waals surface area contributed by atoms with E-state index in [9.17, 15) is 9.18 Å².